The van der Waals surface area contributed by atoms with Crippen LogP contribution in [0.1, 0.15) is 11.6 Å². The standard InChI is InChI=1S/C22H28N2O5S/c1-27-17-9-5-15(6-10-17)20(24-22(26)29-18-13-28-14-18)21(25)23-16-7-11-19(12-8-16)30(2,3)4/h5-12,18,20H,13-14H2,1-4H3,(H,23,25)(H,24,26). The molecule has 1 heterocycles. The van der Waals surface area contributed by atoms with Crippen LogP contribution in [0.4, 0.5) is 10.5 Å². The summed E-state index contributed by atoms with van der Waals surface area (Å²) >= 11 is 0. The van der Waals surface area contributed by atoms with E-state index in [9.17, 15) is 9.59 Å². The number of ether oxygens (including phenoxy) is 3. The fourth-order valence-corrected chi connectivity index (χ4v) is 3.80. The van der Waals surface area contributed by atoms with E-state index in [4.69, 9.17) is 14.2 Å². The third-order valence-corrected chi connectivity index (χ3v) is 6.37. The van der Waals surface area contributed by atoms with E-state index < -0.39 is 22.2 Å². The maximum absolute atomic E-state index is 13.0. The predicted octanol–water partition coefficient (Wildman–Crippen LogP) is 3.55. The average molecular weight is 433 g/mol. The summed E-state index contributed by atoms with van der Waals surface area (Å²) in [7, 11) is 0.721. The Morgan fingerprint density at radius 2 is 1.67 bits per heavy atom. The third kappa shape index (κ3) is 5.67. The van der Waals surface area contributed by atoms with Gasteiger partial charge in [0.05, 0.1) is 20.3 Å². The van der Waals surface area contributed by atoms with E-state index in [2.05, 4.69) is 29.4 Å². The number of nitrogens with one attached hydrogen (secondary N) is 2. The first kappa shape index (κ1) is 22.0. The van der Waals surface area contributed by atoms with Crippen molar-refractivity contribution in [3.63, 3.8) is 0 Å². The Labute approximate surface area is 178 Å². The Bertz CT molecular complexity index is 874. The van der Waals surface area contributed by atoms with Crippen molar-refractivity contribution >= 4 is 27.7 Å². The number of carbonyl (C=O) groups excluding carboxylic acids is 2. The molecule has 7 nitrogen and oxygen atoms in total. The van der Waals surface area contributed by atoms with Crippen LogP contribution in [-0.2, 0) is 14.3 Å². The monoisotopic (exact) mass is 432 g/mol. The highest BCUT2D eigenvalue weighted by molar-refractivity contribution is 8.32. The van der Waals surface area contributed by atoms with Gasteiger partial charge in [-0.3, -0.25) is 4.79 Å². The van der Waals surface area contributed by atoms with Crippen molar-refractivity contribution in [2.24, 2.45) is 0 Å². The molecule has 1 aliphatic heterocycles. The molecule has 0 bridgehead atoms. The number of carbonyl (C=O) groups is 2. The lowest BCUT2D eigenvalue weighted by Crippen LogP contribution is -2.43. The van der Waals surface area contributed by atoms with E-state index in [0.29, 0.717) is 30.2 Å². The SMILES string of the molecule is COc1ccc(C(NC(=O)OC2COC2)C(=O)Nc2ccc(S(C)(C)C)cc2)cc1. The van der Waals surface area contributed by atoms with Gasteiger partial charge in [-0.15, -0.1) is 0 Å². The second-order valence-electron chi connectivity index (χ2n) is 7.77. The lowest BCUT2D eigenvalue weighted by atomic mass is 10.1. The van der Waals surface area contributed by atoms with Crippen LogP contribution in [-0.4, -0.2) is 57.2 Å². The first-order valence-corrected chi connectivity index (χ1v) is 12.4. The quantitative estimate of drug-likeness (QED) is 0.699. The van der Waals surface area contributed by atoms with Crippen molar-refractivity contribution in [3.8, 4) is 5.75 Å². The third-order valence-electron chi connectivity index (χ3n) is 4.68. The van der Waals surface area contributed by atoms with Crippen LogP contribution >= 0.6 is 10.0 Å². The highest BCUT2D eigenvalue weighted by Gasteiger charge is 2.28. The number of methoxy groups -OCH3 is 1. The second kappa shape index (κ2) is 9.40. The van der Waals surface area contributed by atoms with Gasteiger partial charge >= 0.3 is 6.09 Å². The summed E-state index contributed by atoms with van der Waals surface area (Å²) in [6.45, 7) is 0.740. The molecule has 2 aromatic rings. The summed E-state index contributed by atoms with van der Waals surface area (Å²) in [6, 6.07) is 13.8. The first-order valence-electron chi connectivity index (χ1n) is 9.54. The fourth-order valence-electron chi connectivity index (χ4n) is 2.84. The van der Waals surface area contributed by atoms with E-state index in [0.717, 1.165) is 0 Å². The topological polar surface area (TPSA) is 85.9 Å². The molecule has 0 spiro atoms. The van der Waals surface area contributed by atoms with E-state index in [1.807, 2.05) is 24.3 Å². The number of hydrogen-bond donors (Lipinski definition) is 2. The predicted molar refractivity (Wildman–Crippen MR) is 119 cm³/mol. The minimum absolute atomic E-state index is 0.281. The zero-order valence-corrected chi connectivity index (χ0v) is 18.5. The van der Waals surface area contributed by atoms with Crippen molar-refractivity contribution in [2.75, 3.05) is 44.4 Å². The second-order valence-corrected chi connectivity index (χ2v) is 11.9. The highest BCUT2D eigenvalue weighted by atomic mass is 32.3. The van der Waals surface area contributed by atoms with Crippen molar-refractivity contribution in [1.29, 1.82) is 0 Å². The van der Waals surface area contributed by atoms with Crippen molar-refractivity contribution < 1.29 is 23.8 Å². The number of anilines is 1. The van der Waals surface area contributed by atoms with Crippen LogP contribution in [0.15, 0.2) is 53.4 Å². The summed E-state index contributed by atoms with van der Waals surface area (Å²) in [5, 5.41) is 5.54. The molecule has 2 aromatic carbocycles. The number of rotatable bonds is 7. The minimum Gasteiger partial charge on any atom is -0.497 e. The molecule has 1 atom stereocenters. The molecular formula is C22H28N2O5S. The average Bonchev–Trinajstić information content (AvgIpc) is 2.69. The van der Waals surface area contributed by atoms with Gasteiger partial charge in [0.15, 0.2) is 6.10 Å². The number of hydrogen-bond acceptors (Lipinski definition) is 5. The van der Waals surface area contributed by atoms with Gasteiger partial charge in [-0.05, 0) is 65.6 Å². The molecule has 1 aliphatic rings. The molecule has 2 N–H and O–H groups in total. The molecule has 1 unspecified atom stereocenters. The maximum Gasteiger partial charge on any atom is 0.408 e. The van der Waals surface area contributed by atoms with Gasteiger partial charge in [-0.25, -0.2) is 14.8 Å². The van der Waals surface area contributed by atoms with Crippen LogP contribution in [0, 0.1) is 0 Å². The normalized spacial score (nSPS) is 15.5. The van der Waals surface area contributed by atoms with Crippen LogP contribution < -0.4 is 15.4 Å². The largest absolute Gasteiger partial charge is 0.497 e. The molecule has 2 amide bonds. The molecule has 30 heavy (non-hydrogen) atoms. The smallest absolute Gasteiger partial charge is 0.408 e. The molecule has 1 saturated heterocycles. The van der Waals surface area contributed by atoms with Gasteiger partial charge in [-0.1, -0.05) is 12.1 Å². The molecule has 3 rings (SSSR count). The Balaban J connectivity index is 1.75. The van der Waals surface area contributed by atoms with Crippen LogP contribution in [0.2, 0.25) is 0 Å². The molecule has 0 aromatic heterocycles. The summed E-state index contributed by atoms with van der Waals surface area (Å²) in [5.41, 5.74) is 1.28. The number of amides is 2. The molecule has 0 radical (unpaired) electrons. The van der Waals surface area contributed by atoms with Gasteiger partial charge < -0.3 is 24.8 Å². The molecular weight excluding hydrogens is 404 g/mol. The molecule has 0 aliphatic carbocycles. The van der Waals surface area contributed by atoms with Crippen LogP contribution in [0.3, 0.4) is 0 Å². The molecule has 162 valence electrons. The fraction of sp³-hybridized carbons (Fsp3) is 0.364. The zero-order chi connectivity index (χ0) is 21.7. The maximum atomic E-state index is 13.0. The van der Waals surface area contributed by atoms with Crippen LogP contribution in [0.25, 0.3) is 0 Å². The Morgan fingerprint density at radius 3 is 2.17 bits per heavy atom. The molecule has 0 saturated carbocycles. The van der Waals surface area contributed by atoms with Gasteiger partial charge in [0, 0.05) is 5.69 Å². The Kier molecular flexibility index (Phi) is 6.89. The lowest BCUT2D eigenvalue weighted by molar-refractivity contribution is -0.119. The number of alkyl carbamates (subject to hydrolysis) is 1. The van der Waals surface area contributed by atoms with E-state index in [1.54, 1.807) is 31.4 Å². The van der Waals surface area contributed by atoms with Crippen molar-refractivity contribution in [2.45, 2.75) is 17.0 Å². The van der Waals surface area contributed by atoms with Gasteiger partial charge in [0.2, 0.25) is 0 Å². The van der Waals surface area contributed by atoms with Gasteiger partial charge in [-0.2, -0.15) is 0 Å². The Morgan fingerprint density at radius 1 is 1.03 bits per heavy atom. The van der Waals surface area contributed by atoms with Crippen LogP contribution in [0.5, 0.6) is 5.75 Å². The van der Waals surface area contributed by atoms with E-state index >= 15 is 0 Å². The molecule has 8 heteroatoms. The summed E-state index contributed by atoms with van der Waals surface area (Å²) in [6.07, 6.45) is 5.69. The zero-order valence-electron chi connectivity index (χ0n) is 17.6. The minimum atomic E-state index is -0.919. The Hall–Kier alpha value is -2.71. The number of benzene rings is 2. The van der Waals surface area contributed by atoms with Crippen molar-refractivity contribution in [3.05, 3.63) is 54.1 Å². The highest BCUT2D eigenvalue weighted by Crippen LogP contribution is 2.45. The van der Waals surface area contributed by atoms with Gasteiger partial charge in [0.25, 0.3) is 5.91 Å². The van der Waals surface area contributed by atoms with Gasteiger partial charge in [0.1, 0.15) is 11.8 Å². The summed E-state index contributed by atoms with van der Waals surface area (Å²) in [5.74, 6) is 0.296. The lowest BCUT2D eigenvalue weighted by Gasteiger charge is -2.27. The first-order chi connectivity index (χ1) is 14.3. The summed E-state index contributed by atoms with van der Waals surface area (Å²) in [4.78, 5) is 26.5. The summed E-state index contributed by atoms with van der Waals surface area (Å²) < 4.78 is 15.4. The molecule has 1 fully saturated rings. The van der Waals surface area contributed by atoms with E-state index in [1.165, 1.54) is 4.90 Å². The van der Waals surface area contributed by atoms with E-state index in [-0.39, 0.29) is 12.0 Å². The van der Waals surface area contributed by atoms with Crippen molar-refractivity contribution in [1.82, 2.24) is 5.32 Å².